The molecule has 0 unspecified atom stereocenters. The zero-order valence-electron chi connectivity index (χ0n) is 16.2. The SMILES string of the molecule is C[C@H](Nc1ncnc2nc[nH]c12)c1nc2cccc(F)c2c(=O)n1-c1cccc(Cl)c1. The average molecular weight is 436 g/mol. The zero-order chi connectivity index (χ0) is 21.5. The van der Waals surface area contributed by atoms with Crippen LogP contribution in [0.1, 0.15) is 18.8 Å². The molecule has 31 heavy (non-hydrogen) atoms. The molecule has 0 spiro atoms. The van der Waals surface area contributed by atoms with Gasteiger partial charge in [0.1, 0.15) is 28.9 Å². The number of hydrogen-bond acceptors (Lipinski definition) is 6. The Morgan fingerprint density at radius 2 is 2.00 bits per heavy atom. The number of benzene rings is 2. The highest BCUT2D eigenvalue weighted by molar-refractivity contribution is 6.30. The fraction of sp³-hybridized carbons (Fsp3) is 0.0952. The molecule has 5 aromatic rings. The minimum absolute atomic E-state index is 0.0866. The van der Waals surface area contributed by atoms with E-state index in [0.717, 1.165) is 0 Å². The Bertz CT molecular complexity index is 1500. The maximum Gasteiger partial charge on any atom is 0.269 e. The highest BCUT2D eigenvalue weighted by Crippen LogP contribution is 2.25. The fourth-order valence-corrected chi connectivity index (χ4v) is 3.69. The molecule has 154 valence electrons. The van der Waals surface area contributed by atoms with Crippen molar-refractivity contribution in [3.8, 4) is 5.69 Å². The maximum absolute atomic E-state index is 14.5. The number of hydrogen-bond donors (Lipinski definition) is 2. The van der Waals surface area contributed by atoms with Crippen LogP contribution in [0.25, 0.3) is 27.8 Å². The summed E-state index contributed by atoms with van der Waals surface area (Å²) >= 11 is 6.16. The molecule has 0 fully saturated rings. The molecule has 2 N–H and O–H groups in total. The van der Waals surface area contributed by atoms with E-state index in [1.54, 1.807) is 30.3 Å². The summed E-state index contributed by atoms with van der Waals surface area (Å²) in [5.41, 5.74) is 1.35. The zero-order valence-corrected chi connectivity index (χ0v) is 16.9. The van der Waals surface area contributed by atoms with Crippen molar-refractivity contribution in [1.29, 1.82) is 0 Å². The number of nitrogens with one attached hydrogen (secondary N) is 2. The number of fused-ring (bicyclic) bond motifs is 2. The number of nitrogens with zero attached hydrogens (tertiary/aromatic N) is 5. The van der Waals surface area contributed by atoms with Crippen LogP contribution in [0.3, 0.4) is 0 Å². The summed E-state index contributed by atoms with van der Waals surface area (Å²) in [6, 6.07) is 10.6. The number of anilines is 1. The van der Waals surface area contributed by atoms with Gasteiger partial charge in [-0.2, -0.15) is 0 Å². The fourth-order valence-electron chi connectivity index (χ4n) is 3.51. The van der Waals surface area contributed by atoms with Crippen LogP contribution in [0.15, 0.2) is 59.9 Å². The normalized spacial score (nSPS) is 12.4. The maximum atomic E-state index is 14.5. The molecular formula is C21H15ClFN7O. The summed E-state index contributed by atoms with van der Waals surface area (Å²) < 4.78 is 15.9. The van der Waals surface area contributed by atoms with Gasteiger partial charge in [0.2, 0.25) is 0 Å². The Balaban J connectivity index is 1.72. The van der Waals surface area contributed by atoms with E-state index in [1.165, 1.54) is 29.4 Å². The molecular weight excluding hydrogens is 421 g/mol. The minimum Gasteiger partial charge on any atom is -0.358 e. The van der Waals surface area contributed by atoms with Crippen LogP contribution in [0.4, 0.5) is 10.2 Å². The summed E-state index contributed by atoms with van der Waals surface area (Å²) in [4.78, 5) is 33.5. The van der Waals surface area contributed by atoms with Crippen LogP contribution in [0.2, 0.25) is 5.02 Å². The molecule has 2 aromatic carbocycles. The molecule has 1 atom stereocenters. The van der Waals surface area contributed by atoms with Crippen LogP contribution in [0, 0.1) is 5.82 Å². The standard InChI is InChI=1S/C21H15ClFN7O/c1-11(28-19-17-18(25-9-24-17)26-10-27-19)20-29-15-7-3-6-14(23)16(15)21(31)30(20)13-5-2-4-12(22)8-13/h2-11H,1H3,(H2,24,25,26,27,28)/t11-/m0/s1. The number of imidazole rings is 1. The predicted octanol–water partition coefficient (Wildman–Crippen LogP) is 4.02. The summed E-state index contributed by atoms with van der Waals surface area (Å²) in [5.74, 6) is 0.241. The summed E-state index contributed by atoms with van der Waals surface area (Å²) in [7, 11) is 0. The summed E-state index contributed by atoms with van der Waals surface area (Å²) in [6.07, 6.45) is 2.92. The van der Waals surface area contributed by atoms with Gasteiger partial charge in [-0.3, -0.25) is 9.36 Å². The molecule has 0 amide bonds. The topological polar surface area (TPSA) is 101 Å². The van der Waals surface area contributed by atoms with Crippen molar-refractivity contribution in [2.24, 2.45) is 0 Å². The summed E-state index contributed by atoms with van der Waals surface area (Å²) in [6.45, 7) is 1.83. The van der Waals surface area contributed by atoms with E-state index < -0.39 is 17.4 Å². The monoisotopic (exact) mass is 435 g/mol. The lowest BCUT2D eigenvalue weighted by molar-refractivity contribution is 0.635. The van der Waals surface area contributed by atoms with E-state index in [-0.39, 0.29) is 10.9 Å². The van der Waals surface area contributed by atoms with Gasteiger partial charge >= 0.3 is 0 Å². The molecule has 0 bridgehead atoms. The van der Waals surface area contributed by atoms with Gasteiger partial charge in [-0.1, -0.05) is 23.7 Å². The van der Waals surface area contributed by atoms with Crippen molar-refractivity contribution in [2.75, 3.05) is 5.32 Å². The first-order valence-electron chi connectivity index (χ1n) is 9.40. The van der Waals surface area contributed by atoms with Gasteiger partial charge in [-0.05, 0) is 37.3 Å². The van der Waals surface area contributed by atoms with Crippen LogP contribution >= 0.6 is 11.6 Å². The van der Waals surface area contributed by atoms with E-state index in [2.05, 4.69) is 30.2 Å². The molecule has 0 aliphatic heterocycles. The van der Waals surface area contributed by atoms with Gasteiger partial charge in [-0.15, -0.1) is 0 Å². The van der Waals surface area contributed by atoms with Crippen molar-refractivity contribution in [1.82, 2.24) is 29.5 Å². The minimum atomic E-state index is -0.632. The Kier molecular flexibility index (Phi) is 4.59. The number of halogens is 2. The van der Waals surface area contributed by atoms with Gasteiger partial charge in [-0.25, -0.2) is 24.3 Å². The van der Waals surface area contributed by atoms with Gasteiger partial charge in [0, 0.05) is 5.02 Å². The highest BCUT2D eigenvalue weighted by atomic mass is 35.5. The van der Waals surface area contributed by atoms with Crippen LogP contribution in [-0.2, 0) is 0 Å². The molecule has 0 saturated heterocycles. The van der Waals surface area contributed by atoms with Gasteiger partial charge in [0.05, 0.1) is 23.6 Å². The Morgan fingerprint density at radius 3 is 2.84 bits per heavy atom. The van der Waals surface area contributed by atoms with Gasteiger partial charge in [0.15, 0.2) is 11.5 Å². The number of aromatic amines is 1. The van der Waals surface area contributed by atoms with E-state index in [1.807, 2.05) is 6.92 Å². The van der Waals surface area contributed by atoms with E-state index in [9.17, 15) is 9.18 Å². The molecule has 0 aliphatic carbocycles. The molecule has 10 heteroatoms. The third-order valence-electron chi connectivity index (χ3n) is 4.90. The number of rotatable bonds is 4. The first kappa shape index (κ1) is 19.1. The first-order valence-corrected chi connectivity index (χ1v) is 9.78. The summed E-state index contributed by atoms with van der Waals surface area (Å²) in [5, 5.41) is 3.60. The first-order chi connectivity index (χ1) is 15.0. The number of aromatic nitrogens is 6. The third-order valence-corrected chi connectivity index (χ3v) is 5.14. The van der Waals surface area contributed by atoms with Gasteiger partial charge < -0.3 is 10.3 Å². The smallest absolute Gasteiger partial charge is 0.269 e. The average Bonchev–Trinajstić information content (AvgIpc) is 3.23. The highest BCUT2D eigenvalue weighted by Gasteiger charge is 2.21. The lowest BCUT2D eigenvalue weighted by Gasteiger charge is -2.20. The second-order valence-electron chi connectivity index (χ2n) is 6.91. The predicted molar refractivity (Wildman–Crippen MR) is 116 cm³/mol. The van der Waals surface area contributed by atoms with E-state index in [0.29, 0.717) is 33.5 Å². The van der Waals surface area contributed by atoms with Crippen LogP contribution in [-0.4, -0.2) is 29.5 Å². The molecule has 0 saturated carbocycles. The lowest BCUT2D eigenvalue weighted by Crippen LogP contribution is -2.28. The Labute approximate surface area is 179 Å². The molecule has 0 aliphatic rings. The Hall–Kier alpha value is -3.85. The largest absolute Gasteiger partial charge is 0.358 e. The van der Waals surface area contributed by atoms with Crippen molar-refractivity contribution in [2.45, 2.75) is 13.0 Å². The quantitative estimate of drug-likeness (QED) is 0.442. The Morgan fingerprint density at radius 1 is 1.16 bits per heavy atom. The van der Waals surface area contributed by atoms with Crippen molar-refractivity contribution < 1.29 is 4.39 Å². The van der Waals surface area contributed by atoms with E-state index >= 15 is 0 Å². The van der Waals surface area contributed by atoms with Crippen LogP contribution < -0.4 is 10.9 Å². The van der Waals surface area contributed by atoms with Gasteiger partial charge in [0.25, 0.3) is 5.56 Å². The second-order valence-corrected chi connectivity index (χ2v) is 7.35. The van der Waals surface area contributed by atoms with Crippen molar-refractivity contribution in [3.63, 3.8) is 0 Å². The molecule has 3 heterocycles. The molecule has 3 aromatic heterocycles. The van der Waals surface area contributed by atoms with Crippen LogP contribution in [0.5, 0.6) is 0 Å². The lowest BCUT2D eigenvalue weighted by atomic mass is 10.2. The molecule has 5 rings (SSSR count). The van der Waals surface area contributed by atoms with Crippen molar-refractivity contribution in [3.05, 3.63) is 82.1 Å². The molecule has 8 nitrogen and oxygen atoms in total. The third kappa shape index (κ3) is 3.28. The second kappa shape index (κ2) is 7.44. The van der Waals surface area contributed by atoms with E-state index in [4.69, 9.17) is 11.6 Å². The van der Waals surface area contributed by atoms with Crippen molar-refractivity contribution >= 4 is 39.5 Å². The number of H-pyrrole nitrogens is 1. The molecule has 0 radical (unpaired) electrons.